The van der Waals surface area contributed by atoms with Gasteiger partial charge in [-0.05, 0) is 42.0 Å². The predicted molar refractivity (Wildman–Crippen MR) is 118 cm³/mol. The van der Waals surface area contributed by atoms with Crippen molar-refractivity contribution >= 4 is 17.7 Å². The van der Waals surface area contributed by atoms with Gasteiger partial charge in [-0.3, -0.25) is 9.36 Å². The van der Waals surface area contributed by atoms with E-state index in [1.807, 2.05) is 36.4 Å². The molecule has 0 fully saturated rings. The third-order valence-electron chi connectivity index (χ3n) is 4.66. The highest BCUT2D eigenvalue weighted by molar-refractivity contribution is 7.98. The number of hydrogen-bond acceptors (Lipinski definition) is 5. The summed E-state index contributed by atoms with van der Waals surface area (Å²) in [5.41, 5.74) is 7.83. The maximum atomic E-state index is 14.7. The third-order valence-corrected chi connectivity index (χ3v) is 5.66. The van der Waals surface area contributed by atoms with Crippen LogP contribution in [0.15, 0.2) is 78.0 Å². The molecule has 0 saturated heterocycles. The van der Waals surface area contributed by atoms with E-state index in [-0.39, 0.29) is 5.82 Å². The summed E-state index contributed by atoms with van der Waals surface area (Å²) in [6.45, 7) is 0. The van der Waals surface area contributed by atoms with Crippen molar-refractivity contribution in [1.82, 2.24) is 14.8 Å². The molecule has 0 saturated carbocycles. The van der Waals surface area contributed by atoms with Crippen LogP contribution in [0.3, 0.4) is 0 Å². The molecule has 4 rings (SSSR count). The minimum atomic E-state index is -0.471. The van der Waals surface area contributed by atoms with E-state index in [4.69, 9.17) is 10.5 Å². The molecule has 0 aliphatic heterocycles. The smallest absolute Gasteiger partial charge is 0.248 e. The lowest BCUT2D eigenvalue weighted by atomic mass is 10.1. The van der Waals surface area contributed by atoms with Crippen molar-refractivity contribution < 1.29 is 13.9 Å². The zero-order valence-electron chi connectivity index (χ0n) is 16.7. The molecule has 3 aromatic carbocycles. The first kappa shape index (κ1) is 20.6. The Hall–Kier alpha value is -3.65. The van der Waals surface area contributed by atoms with Gasteiger partial charge in [-0.2, -0.15) is 0 Å². The van der Waals surface area contributed by atoms with Crippen molar-refractivity contribution in [2.45, 2.75) is 10.9 Å². The zero-order chi connectivity index (χ0) is 21.8. The standard InChI is InChI=1S/C23H19FN4O2S/c1-30-18-6-4-5-17(13-18)22-26-27-23(28(22)20-8-3-2-7-19(20)24)31-14-15-9-11-16(12-10-15)21(25)29/h2-13H,14H2,1H3,(H2,25,29). The van der Waals surface area contributed by atoms with Gasteiger partial charge in [-0.15, -0.1) is 10.2 Å². The van der Waals surface area contributed by atoms with Crippen LogP contribution in [0, 0.1) is 5.82 Å². The van der Waals surface area contributed by atoms with E-state index in [9.17, 15) is 9.18 Å². The fraction of sp³-hybridized carbons (Fsp3) is 0.0870. The lowest BCUT2D eigenvalue weighted by Gasteiger charge is -2.12. The molecular formula is C23H19FN4O2S. The summed E-state index contributed by atoms with van der Waals surface area (Å²) < 4.78 is 21.7. The Labute approximate surface area is 182 Å². The minimum Gasteiger partial charge on any atom is -0.497 e. The van der Waals surface area contributed by atoms with Gasteiger partial charge < -0.3 is 10.5 Å². The number of hydrogen-bond donors (Lipinski definition) is 1. The second-order valence-corrected chi connectivity index (χ2v) is 7.62. The number of nitrogens with two attached hydrogens (primary N) is 1. The Morgan fingerprint density at radius 3 is 2.55 bits per heavy atom. The number of carbonyl (C=O) groups is 1. The van der Waals surface area contributed by atoms with Gasteiger partial charge in [0.05, 0.1) is 12.8 Å². The quantitative estimate of drug-likeness (QED) is 0.434. The maximum absolute atomic E-state index is 14.7. The number of carbonyl (C=O) groups excluding carboxylic acids is 1. The molecule has 1 heterocycles. The highest BCUT2D eigenvalue weighted by Crippen LogP contribution is 2.32. The number of methoxy groups -OCH3 is 1. The molecular weight excluding hydrogens is 415 g/mol. The second-order valence-electron chi connectivity index (χ2n) is 6.67. The molecule has 0 aliphatic rings. The number of para-hydroxylation sites is 1. The number of ether oxygens (including phenoxy) is 1. The summed E-state index contributed by atoms with van der Waals surface area (Å²) in [5, 5.41) is 9.20. The molecule has 0 bridgehead atoms. The maximum Gasteiger partial charge on any atom is 0.248 e. The van der Waals surface area contributed by atoms with E-state index in [1.54, 1.807) is 42.0 Å². The summed E-state index contributed by atoms with van der Waals surface area (Å²) in [6.07, 6.45) is 0. The van der Waals surface area contributed by atoms with Crippen molar-refractivity contribution in [3.63, 3.8) is 0 Å². The van der Waals surface area contributed by atoms with Crippen LogP contribution in [0.4, 0.5) is 4.39 Å². The van der Waals surface area contributed by atoms with Crippen molar-refractivity contribution in [3.8, 4) is 22.8 Å². The normalized spacial score (nSPS) is 10.8. The van der Waals surface area contributed by atoms with E-state index in [0.717, 1.165) is 11.1 Å². The fourth-order valence-corrected chi connectivity index (χ4v) is 3.98. The van der Waals surface area contributed by atoms with Gasteiger partial charge in [-0.25, -0.2) is 4.39 Å². The van der Waals surface area contributed by atoms with Crippen LogP contribution < -0.4 is 10.5 Å². The molecule has 0 spiro atoms. The first-order valence-corrected chi connectivity index (χ1v) is 10.4. The number of amides is 1. The van der Waals surface area contributed by atoms with Gasteiger partial charge in [0.25, 0.3) is 0 Å². The van der Waals surface area contributed by atoms with Crippen LogP contribution in [-0.4, -0.2) is 27.8 Å². The van der Waals surface area contributed by atoms with Crippen molar-refractivity contribution in [2.24, 2.45) is 5.73 Å². The number of primary amides is 1. The van der Waals surface area contributed by atoms with E-state index < -0.39 is 5.91 Å². The van der Waals surface area contributed by atoms with E-state index >= 15 is 0 Å². The number of thioether (sulfide) groups is 1. The third kappa shape index (κ3) is 4.44. The Morgan fingerprint density at radius 1 is 1.06 bits per heavy atom. The zero-order valence-corrected chi connectivity index (χ0v) is 17.5. The topological polar surface area (TPSA) is 83.0 Å². The summed E-state index contributed by atoms with van der Waals surface area (Å²) in [4.78, 5) is 11.3. The molecule has 2 N–H and O–H groups in total. The summed E-state index contributed by atoms with van der Waals surface area (Å²) >= 11 is 1.42. The number of rotatable bonds is 7. The highest BCUT2D eigenvalue weighted by Gasteiger charge is 2.19. The van der Waals surface area contributed by atoms with Crippen LogP contribution in [0.5, 0.6) is 5.75 Å². The van der Waals surface area contributed by atoms with Crippen LogP contribution in [0.25, 0.3) is 17.1 Å². The Morgan fingerprint density at radius 2 is 1.84 bits per heavy atom. The average Bonchev–Trinajstić information content (AvgIpc) is 3.22. The van der Waals surface area contributed by atoms with Crippen LogP contribution >= 0.6 is 11.8 Å². The molecule has 1 amide bonds. The molecule has 156 valence electrons. The van der Waals surface area contributed by atoms with Gasteiger partial charge in [0.1, 0.15) is 11.6 Å². The van der Waals surface area contributed by atoms with Crippen LogP contribution in [-0.2, 0) is 5.75 Å². The number of benzene rings is 3. The van der Waals surface area contributed by atoms with Crippen molar-refractivity contribution in [2.75, 3.05) is 7.11 Å². The Balaban J connectivity index is 1.71. The van der Waals surface area contributed by atoms with E-state index in [0.29, 0.717) is 33.7 Å². The predicted octanol–water partition coefficient (Wildman–Crippen LogP) is 4.47. The van der Waals surface area contributed by atoms with E-state index in [1.165, 1.54) is 17.8 Å². The first-order valence-electron chi connectivity index (χ1n) is 9.43. The largest absolute Gasteiger partial charge is 0.497 e. The molecule has 0 atom stereocenters. The van der Waals surface area contributed by atoms with E-state index in [2.05, 4.69) is 10.2 Å². The molecule has 6 nitrogen and oxygen atoms in total. The second kappa shape index (κ2) is 9.01. The first-order chi connectivity index (χ1) is 15.1. The molecule has 1 aromatic heterocycles. The monoisotopic (exact) mass is 434 g/mol. The van der Waals surface area contributed by atoms with Gasteiger partial charge in [0.2, 0.25) is 5.91 Å². The lowest BCUT2D eigenvalue weighted by Crippen LogP contribution is -2.10. The summed E-state index contributed by atoms with van der Waals surface area (Å²) in [6, 6.07) is 20.9. The minimum absolute atomic E-state index is 0.358. The van der Waals surface area contributed by atoms with Gasteiger partial charge >= 0.3 is 0 Å². The average molecular weight is 434 g/mol. The fourth-order valence-electron chi connectivity index (χ4n) is 3.08. The number of nitrogens with zero attached hydrogens (tertiary/aromatic N) is 3. The molecule has 0 radical (unpaired) electrons. The van der Waals surface area contributed by atoms with Gasteiger partial charge in [0, 0.05) is 16.9 Å². The molecule has 0 aliphatic carbocycles. The van der Waals surface area contributed by atoms with Crippen molar-refractivity contribution in [3.05, 3.63) is 89.7 Å². The van der Waals surface area contributed by atoms with Crippen molar-refractivity contribution in [1.29, 1.82) is 0 Å². The van der Waals surface area contributed by atoms with Gasteiger partial charge in [-0.1, -0.05) is 48.2 Å². The Bertz CT molecular complexity index is 1220. The van der Waals surface area contributed by atoms with Crippen LogP contribution in [0.2, 0.25) is 0 Å². The number of aromatic nitrogens is 3. The lowest BCUT2D eigenvalue weighted by molar-refractivity contribution is 0.100. The molecule has 8 heteroatoms. The summed E-state index contributed by atoms with van der Waals surface area (Å²) in [7, 11) is 1.59. The van der Waals surface area contributed by atoms with Gasteiger partial charge in [0.15, 0.2) is 11.0 Å². The summed E-state index contributed by atoms with van der Waals surface area (Å²) in [5.74, 6) is 0.893. The molecule has 4 aromatic rings. The number of halogens is 1. The Kier molecular flexibility index (Phi) is 5.99. The highest BCUT2D eigenvalue weighted by atomic mass is 32.2. The molecule has 31 heavy (non-hydrogen) atoms. The van der Waals surface area contributed by atoms with Crippen LogP contribution in [0.1, 0.15) is 15.9 Å². The molecule has 0 unspecified atom stereocenters. The SMILES string of the molecule is COc1cccc(-c2nnc(SCc3ccc(C(N)=O)cc3)n2-c2ccccc2F)c1.